The van der Waals surface area contributed by atoms with Crippen LogP contribution in [0, 0.1) is 11.8 Å². The molecule has 0 saturated heterocycles. The molecule has 2 atom stereocenters. The minimum absolute atomic E-state index is 0.0133. The lowest BCUT2D eigenvalue weighted by Crippen LogP contribution is -2.50. The third kappa shape index (κ3) is 11.9. The van der Waals surface area contributed by atoms with Crippen molar-refractivity contribution in [3.05, 3.63) is 33.2 Å². The van der Waals surface area contributed by atoms with Crippen molar-refractivity contribution in [3.63, 3.8) is 0 Å². The summed E-state index contributed by atoms with van der Waals surface area (Å²) in [5.41, 5.74) is 3.49. The topological polar surface area (TPSA) is 106 Å². The van der Waals surface area contributed by atoms with Crippen molar-refractivity contribution >= 4 is 34.9 Å². The molecular formula is C30H47N5O4S2. The molecule has 0 spiro atoms. The predicted octanol–water partition coefficient (Wildman–Crippen LogP) is 6.75. The maximum absolute atomic E-state index is 12.8. The van der Waals surface area contributed by atoms with Gasteiger partial charge in [0.05, 0.1) is 20.8 Å². The van der Waals surface area contributed by atoms with Crippen LogP contribution in [0.1, 0.15) is 93.7 Å². The molecule has 2 N–H and O–H groups in total. The van der Waals surface area contributed by atoms with Gasteiger partial charge in [-0.2, -0.15) is 0 Å². The van der Waals surface area contributed by atoms with Crippen molar-refractivity contribution in [2.24, 2.45) is 11.8 Å². The number of hydrogen-bond donors (Lipinski definition) is 2. The molecule has 11 heteroatoms. The Morgan fingerprint density at radius 2 is 1.24 bits per heavy atom. The first kappa shape index (κ1) is 31.7. The van der Waals surface area contributed by atoms with E-state index < -0.39 is 0 Å². The molecule has 2 aromatic heterocycles. The van der Waals surface area contributed by atoms with E-state index in [9.17, 15) is 9.59 Å². The zero-order valence-electron chi connectivity index (χ0n) is 24.4. The van der Waals surface area contributed by atoms with E-state index in [0.29, 0.717) is 11.8 Å². The molecule has 2 heterocycles. The molecule has 0 bridgehead atoms. The fraction of sp³-hybridized carbons (Fsp3) is 0.733. The fourth-order valence-electron chi connectivity index (χ4n) is 6.28. The number of carbonyl (C=O) groups is 2. The fourth-order valence-corrected chi connectivity index (χ4v) is 7.29. The van der Waals surface area contributed by atoms with Crippen LogP contribution in [-0.2, 0) is 22.7 Å². The minimum Gasteiger partial charge on any atom is -0.444 e. The van der Waals surface area contributed by atoms with E-state index in [4.69, 9.17) is 9.47 Å². The van der Waals surface area contributed by atoms with Crippen LogP contribution in [0.15, 0.2) is 23.4 Å². The van der Waals surface area contributed by atoms with E-state index in [1.165, 1.54) is 86.9 Å². The first-order chi connectivity index (χ1) is 20.1. The lowest BCUT2D eigenvalue weighted by molar-refractivity contribution is 0.121. The highest BCUT2D eigenvalue weighted by atomic mass is 32.1. The van der Waals surface area contributed by atoms with Crippen molar-refractivity contribution < 1.29 is 19.1 Å². The van der Waals surface area contributed by atoms with Crippen LogP contribution in [0.4, 0.5) is 9.59 Å². The number of ether oxygens (including phenoxy) is 2. The van der Waals surface area contributed by atoms with Gasteiger partial charge in [0.2, 0.25) is 0 Å². The zero-order valence-corrected chi connectivity index (χ0v) is 26.1. The van der Waals surface area contributed by atoms with Crippen molar-refractivity contribution in [2.75, 3.05) is 19.6 Å². The summed E-state index contributed by atoms with van der Waals surface area (Å²) in [6, 6.07) is -0.0266. The first-order valence-electron chi connectivity index (χ1n) is 15.4. The molecule has 2 fully saturated rings. The van der Waals surface area contributed by atoms with Gasteiger partial charge in [0.1, 0.15) is 13.2 Å². The molecule has 41 heavy (non-hydrogen) atoms. The maximum Gasteiger partial charge on any atom is 0.407 e. The maximum atomic E-state index is 12.8. The molecule has 2 amide bonds. The van der Waals surface area contributed by atoms with Gasteiger partial charge in [-0.25, -0.2) is 9.59 Å². The highest BCUT2D eigenvalue weighted by Crippen LogP contribution is 2.29. The summed E-state index contributed by atoms with van der Waals surface area (Å²) < 4.78 is 11.1. The number of nitrogens with one attached hydrogen (secondary N) is 2. The van der Waals surface area contributed by atoms with E-state index in [-0.39, 0.29) is 37.5 Å². The highest BCUT2D eigenvalue weighted by Gasteiger charge is 2.27. The van der Waals surface area contributed by atoms with Gasteiger partial charge in [0.15, 0.2) is 0 Å². The molecule has 4 rings (SSSR count). The van der Waals surface area contributed by atoms with Crippen LogP contribution in [0.25, 0.3) is 0 Å². The second kappa shape index (κ2) is 17.7. The molecule has 2 saturated carbocycles. The van der Waals surface area contributed by atoms with Crippen molar-refractivity contribution in [1.82, 2.24) is 25.5 Å². The van der Waals surface area contributed by atoms with E-state index in [1.54, 1.807) is 23.4 Å². The summed E-state index contributed by atoms with van der Waals surface area (Å²) in [6.45, 7) is 4.91. The Hall–Kier alpha value is -2.24. The van der Waals surface area contributed by atoms with Gasteiger partial charge in [-0.05, 0) is 31.2 Å². The quantitative estimate of drug-likeness (QED) is 0.231. The van der Waals surface area contributed by atoms with Gasteiger partial charge in [0.25, 0.3) is 0 Å². The van der Waals surface area contributed by atoms with Crippen molar-refractivity contribution in [1.29, 1.82) is 0 Å². The molecule has 0 aliphatic heterocycles. The number of likely N-dealkylation sites (N-methyl/N-ethyl adjacent to an activating group) is 1. The second-order valence-corrected chi connectivity index (χ2v) is 13.5. The van der Waals surface area contributed by atoms with Crippen molar-refractivity contribution in [2.45, 2.75) is 109 Å². The monoisotopic (exact) mass is 605 g/mol. The minimum atomic E-state index is -0.376. The zero-order chi connectivity index (χ0) is 28.7. The van der Waals surface area contributed by atoms with Gasteiger partial charge in [-0.15, -0.1) is 22.7 Å². The number of hydrogen-bond acceptors (Lipinski definition) is 9. The van der Waals surface area contributed by atoms with E-state index in [0.717, 1.165) is 42.2 Å². The predicted molar refractivity (Wildman–Crippen MR) is 163 cm³/mol. The first-order valence-corrected chi connectivity index (χ1v) is 17.2. The molecular weight excluding hydrogens is 558 g/mol. The summed E-state index contributed by atoms with van der Waals surface area (Å²) >= 11 is 2.97. The summed E-state index contributed by atoms with van der Waals surface area (Å²) in [4.78, 5) is 38.0. The van der Waals surface area contributed by atoms with Crippen molar-refractivity contribution in [3.8, 4) is 0 Å². The summed E-state index contributed by atoms with van der Waals surface area (Å²) in [5, 5.41) is 6.37. The second-order valence-electron chi connectivity index (χ2n) is 11.6. The van der Waals surface area contributed by atoms with E-state index in [1.807, 2.05) is 0 Å². The smallest absolute Gasteiger partial charge is 0.407 e. The molecule has 9 nitrogen and oxygen atoms in total. The van der Waals surface area contributed by atoms with E-state index >= 15 is 0 Å². The Bertz CT molecular complexity index is 916. The Balaban J connectivity index is 1.36. The molecule has 228 valence electrons. The number of alkyl carbamates (subject to hydrolysis) is 2. The molecule has 2 aromatic rings. The summed E-state index contributed by atoms with van der Waals surface area (Å²) in [7, 11) is 0. The Kier molecular flexibility index (Phi) is 13.6. The average molecular weight is 606 g/mol. The molecule has 2 aliphatic rings. The van der Waals surface area contributed by atoms with Gasteiger partial charge < -0.3 is 20.1 Å². The number of aromatic nitrogens is 2. The van der Waals surface area contributed by atoms with Gasteiger partial charge in [0, 0.05) is 37.6 Å². The van der Waals surface area contributed by atoms with Crippen LogP contribution < -0.4 is 10.6 Å². The van der Waals surface area contributed by atoms with Crippen LogP contribution in [0.5, 0.6) is 0 Å². The number of nitrogens with zero attached hydrogens (tertiary/aromatic N) is 3. The number of amides is 2. The third-order valence-electron chi connectivity index (χ3n) is 8.39. The molecule has 0 aromatic carbocycles. The Labute approximate surface area is 252 Å². The lowest BCUT2D eigenvalue weighted by Gasteiger charge is -2.34. The highest BCUT2D eigenvalue weighted by molar-refractivity contribution is 7.09. The van der Waals surface area contributed by atoms with Crippen LogP contribution >= 0.6 is 22.7 Å². The molecule has 0 radical (unpaired) electrons. The van der Waals surface area contributed by atoms with Gasteiger partial charge in [-0.1, -0.05) is 71.1 Å². The van der Waals surface area contributed by atoms with Gasteiger partial charge >= 0.3 is 12.2 Å². The third-order valence-corrected chi connectivity index (χ3v) is 9.90. The van der Waals surface area contributed by atoms with Crippen LogP contribution in [-0.4, -0.2) is 58.8 Å². The van der Waals surface area contributed by atoms with E-state index in [2.05, 4.69) is 32.4 Å². The van der Waals surface area contributed by atoms with Gasteiger partial charge in [-0.3, -0.25) is 14.9 Å². The largest absolute Gasteiger partial charge is 0.444 e. The SMILES string of the molecule is CCN(CC(CC1CCCCC1)NC(=O)OCc1cncs1)CC(CC1CCCCC1)NC(=O)OCc1cncs1. The number of rotatable bonds is 15. The molecule has 2 aliphatic carbocycles. The summed E-state index contributed by atoms with van der Waals surface area (Å²) in [5.74, 6) is 1.24. The normalized spacial score (nSPS) is 18.1. The molecule has 2 unspecified atom stereocenters. The summed E-state index contributed by atoms with van der Waals surface area (Å²) in [6.07, 6.45) is 17.2. The standard InChI is InChI=1S/C30H47N5O4S2/c1-2-35(17-25(13-23-9-5-3-6-10-23)33-29(36)38-19-27-15-31-21-40-27)18-26(14-24-11-7-4-8-12-24)34-30(37)39-20-28-16-32-22-41-28/h15-16,21-26H,2-14,17-20H2,1H3,(H,33,36)(H,34,37). The number of thiazole rings is 2. The van der Waals surface area contributed by atoms with Crippen LogP contribution in [0.2, 0.25) is 0 Å². The number of carbonyl (C=O) groups excluding carboxylic acids is 2. The average Bonchev–Trinajstić information content (AvgIpc) is 3.70. The lowest BCUT2D eigenvalue weighted by atomic mass is 9.84. The van der Waals surface area contributed by atoms with Crippen LogP contribution in [0.3, 0.4) is 0 Å². The Morgan fingerprint density at radius 3 is 1.61 bits per heavy atom. The Morgan fingerprint density at radius 1 is 0.805 bits per heavy atom.